The first-order valence-electron chi connectivity index (χ1n) is 5.23. The standard InChI is InChI=1S/C10H22N2S/c1-9(11)4-3-6-12(2)10-5-7-13-8-10/h9-10H,3-8,11H2,1-2H3. The van der Waals surface area contributed by atoms with Crippen molar-refractivity contribution >= 4 is 11.8 Å². The molecule has 1 fully saturated rings. The predicted octanol–water partition coefficient (Wildman–Crippen LogP) is 1.55. The molecular formula is C10H22N2S. The lowest BCUT2D eigenvalue weighted by atomic mass is 10.1. The third-order valence-corrected chi connectivity index (χ3v) is 3.84. The maximum absolute atomic E-state index is 5.71. The lowest BCUT2D eigenvalue weighted by molar-refractivity contribution is 0.255. The fraction of sp³-hybridized carbons (Fsp3) is 1.00. The van der Waals surface area contributed by atoms with Crippen molar-refractivity contribution in [2.45, 2.75) is 38.3 Å². The van der Waals surface area contributed by atoms with Crippen LogP contribution < -0.4 is 5.73 Å². The van der Waals surface area contributed by atoms with Crippen LogP contribution in [0.15, 0.2) is 0 Å². The van der Waals surface area contributed by atoms with Crippen LogP contribution in [0.5, 0.6) is 0 Å². The van der Waals surface area contributed by atoms with Gasteiger partial charge in [-0.1, -0.05) is 0 Å². The molecule has 2 nitrogen and oxygen atoms in total. The van der Waals surface area contributed by atoms with Crippen LogP contribution in [0.1, 0.15) is 26.2 Å². The van der Waals surface area contributed by atoms with E-state index in [0.717, 1.165) is 12.5 Å². The lowest BCUT2D eigenvalue weighted by Gasteiger charge is -2.23. The van der Waals surface area contributed by atoms with E-state index in [0.29, 0.717) is 6.04 Å². The minimum absolute atomic E-state index is 0.367. The maximum Gasteiger partial charge on any atom is 0.0191 e. The smallest absolute Gasteiger partial charge is 0.0191 e. The number of nitrogens with two attached hydrogens (primary N) is 1. The van der Waals surface area contributed by atoms with Crippen LogP contribution in [-0.2, 0) is 0 Å². The Hall–Kier alpha value is 0.270. The molecule has 13 heavy (non-hydrogen) atoms. The van der Waals surface area contributed by atoms with E-state index < -0.39 is 0 Å². The summed E-state index contributed by atoms with van der Waals surface area (Å²) in [4.78, 5) is 2.50. The summed E-state index contributed by atoms with van der Waals surface area (Å²) in [5.41, 5.74) is 5.71. The van der Waals surface area contributed by atoms with Crippen molar-refractivity contribution in [1.29, 1.82) is 0 Å². The van der Waals surface area contributed by atoms with Crippen molar-refractivity contribution in [2.75, 3.05) is 25.1 Å². The SMILES string of the molecule is CC(N)CCCN(C)C1CCSC1. The van der Waals surface area contributed by atoms with E-state index in [4.69, 9.17) is 5.73 Å². The van der Waals surface area contributed by atoms with Gasteiger partial charge in [-0.25, -0.2) is 0 Å². The summed E-state index contributed by atoms with van der Waals surface area (Å²) in [5, 5.41) is 0. The zero-order chi connectivity index (χ0) is 9.68. The van der Waals surface area contributed by atoms with Gasteiger partial charge in [-0.3, -0.25) is 0 Å². The highest BCUT2D eigenvalue weighted by Crippen LogP contribution is 2.21. The third-order valence-electron chi connectivity index (χ3n) is 2.70. The molecule has 2 N–H and O–H groups in total. The van der Waals surface area contributed by atoms with Crippen LogP contribution in [-0.4, -0.2) is 42.1 Å². The Kier molecular flexibility index (Phi) is 5.14. The first-order valence-corrected chi connectivity index (χ1v) is 6.39. The molecule has 0 saturated carbocycles. The van der Waals surface area contributed by atoms with Crippen LogP contribution >= 0.6 is 11.8 Å². The van der Waals surface area contributed by atoms with Crippen LogP contribution in [0.2, 0.25) is 0 Å². The molecule has 0 aliphatic carbocycles. The van der Waals surface area contributed by atoms with Gasteiger partial charge in [0, 0.05) is 17.8 Å². The summed E-state index contributed by atoms with van der Waals surface area (Å²) in [6.45, 7) is 3.30. The quantitative estimate of drug-likeness (QED) is 0.733. The van der Waals surface area contributed by atoms with E-state index in [9.17, 15) is 0 Å². The largest absolute Gasteiger partial charge is 0.328 e. The fourth-order valence-corrected chi connectivity index (χ4v) is 3.01. The van der Waals surface area contributed by atoms with E-state index in [1.165, 1.54) is 30.9 Å². The van der Waals surface area contributed by atoms with Gasteiger partial charge in [0.1, 0.15) is 0 Å². The highest BCUT2D eigenvalue weighted by molar-refractivity contribution is 7.99. The van der Waals surface area contributed by atoms with Gasteiger partial charge in [-0.15, -0.1) is 0 Å². The highest BCUT2D eigenvalue weighted by Gasteiger charge is 2.19. The van der Waals surface area contributed by atoms with E-state index in [-0.39, 0.29) is 0 Å². The molecule has 0 aromatic heterocycles. The van der Waals surface area contributed by atoms with Crippen molar-refractivity contribution < 1.29 is 0 Å². The normalized spacial score (nSPS) is 25.4. The van der Waals surface area contributed by atoms with Crippen molar-refractivity contribution in [2.24, 2.45) is 5.73 Å². The Bertz CT molecular complexity index is 133. The summed E-state index contributed by atoms with van der Waals surface area (Å²) in [5.74, 6) is 2.68. The van der Waals surface area contributed by atoms with Gasteiger partial charge in [-0.2, -0.15) is 11.8 Å². The number of hydrogen-bond donors (Lipinski definition) is 1. The zero-order valence-corrected chi connectivity index (χ0v) is 9.65. The second-order valence-corrected chi connectivity index (χ2v) is 5.27. The Labute approximate surface area is 86.2 Å². The highest BCUT2D eigenvalue weighted by atomic mass is 32.2. The van der Waals surface area contributed by atoms with E-state index in [1.54, 1.807) is 0 Å². The second kappa shape index (κ2) is 5.89. The molecule has 0 bridgehead atoms. The summed E-state index contributed by atoms with van der Waals surface area (Å²) < 4.78 is 0. The van der Waals surface area contributed by atoms with Crippen molar-refractivity contribution in [1.82, 2.24) is 4.90 Å². The number of thioether (sulfide) groups is 1. The third kappa shape index (κ3) is 4.34. The molecule has 1 aliphatic heterocycles. The van der Waals surface area contributed by atoms with Gasteiger partial charge in [0.2, 0.25) is 0 Å². The molecule has 78 valence electrons. The molecule has 3 heteroatoms. The number of hydrogen-bond acceptors (Lipinski definition) is 3. The number of rotatable bonds is 5. The van der Waals surface area contributed by atoms with Gasteiger partial charge in [0.15, 0.2) is 0 Å². The first-order chi connectivity index (χ1) is 6.20. The first kappa shape index (κ1) is 11.3. The topological polar surface area (TPSA) is 29.3 Å². The molecule has 1 saturated heterocycles. The fourth-order valence-electron chi connectivity index (χ4n) is 1.71. The van der Waals surface area contributed by atoms with Crippen molar-refractivity contribution in [3.63, 3.8) is 0 Å². The Morgan fingerprint density at radius 1 is 1.62 bits per heavy atom. The summed E-state index contributed by atoms with van der Waals surface area (Å²) in [7, 11) is 2.25. The molecule has 0 aromatic rings. The predicted molar refractivity (Wildman–Crippen MR) is 61.2 cm³/mol. The lowest BCUT2D eigenvalue weighted by Crippen LogP contribution is -2.32. The Morgan fingerprint density at radius 3 is 2.92 bits per heavy atom. The van der Waals surface area contributed by atoms with Crippen molar-refractivity contribution in [3.8, 4) is 0 Å². The molecule has 0 aromatic carbocycles. The average Bonchev–Trinajstić information content (AvgIpc) is 2.55. The monoisotopic (exact) mass is 202 g/mol. The summed E-state index contributed by atoms with van der Waals surface area (Å²) in [6, 6.07) is 1.20. The average molecular weight is 202 g/mol. The summed E-state index contributed by atoms with van der Waals surface area (Å²) in [6.07, 6.45) is 3.78. The Morgan fingerprint density at radius 2 is 2.38 bits per heavy atom. The molecule has 2 unspecified atom stereocenters. The minimum Gasteiger partial charge on any atom is -0.328 e. The molecule has 1 rings (SSSR count). The van der Waals surface area contributed by atoms with E-state index in [2.05, 4.69) is 30.6 Å². The second-order valence-electron chi connectivity index (χ2n) is 4.12. The van der Waals surface area contributed by atoms with E-state index in [1.807, 2.05) is 0 Å². The van der Waals surface area contributed by atoms with Gasteiger partial charge >= 0.3 is 0 Å². The molecule has 0 radical (unpaired) electrons. The zero-order valence-electron chi connectivity index (χ0n) is 8.83. The summed E-state index contributed by atoms with van der Waals surface area (Å²) >= 11 is 2.08. The van der Waals surface area contributed by atoms with Gasteiger partial charge < -0.3 is 10.6 Å². The maximum atomic E-state index is 5.71. The number of nitrogens with zero attached hydrogens (tertiary/aromatic N) is 1. The molecule has 0 amide bonds. The molecule has 2 atom stereocenters. The molecule has 0 spiro atoms. The van der Waals surface area contributed by atoms with E-state index >= 15 is 0 Å². The van der Waals surface area contributed by atoms with Crippen molar-refractivity contribution in [3.05, 3.63) is 0 Å². The van der Waals surface area contributed by atoms with Gasteiger partial charge in [0.05, 0.1) is 0 Å². The Balaban J connectivity index is 2.06. The van der Waals surface area contributed by atoms with Crippen LogP contribution in [0, 0.1) is 0 Å². The van der Waals surface area contributed by atoms with Crippen LogP contribution in [0.25, 0.3) is 0 Å². The minimum atomic E-state index is 0.367. The van der Waals surface area contributed by atoms with Gasteiger partial charge in [0.25, 0.3) is 0 Å². The van der Waals surface area contributed by atoms with Crippen LogP contribution in [0.4, 0.5) is 0 Å². The molecule has 1 aliphatic rings. The molecular weight excluding hydrogens is 180 g/mol. The van der Waals surface area contributed by atoms with Gasteiger partial charge in [-0.05, 0) is 45.5 Å². The van der Waals surface area contributed by atoms with Crippen LogP contribution in [0.3, 0.4) is 0 Å². The molecule has 1 heterocycles.